The van der Waals surface area contributed by atoms with Crippen LogP contribution in [0.25, 0.3) is 0 Å². The predicted octanol–water partition coefficient (Wildman–Crippen LogP) is 5.23. The van der Waals surface area contributed by atoms with Crippen LogP contribution in [-0.4, -0.2) is 6.26 Å². The summed E-state index contributed by atoms with van der Waals surface area (Å²) >= 11 is 1.90. The zero-order valence-electron chi connectivity index (χ0n) is 11.1. The van der Waals surface area contributed by atoms with Crippen LogP contribution in [0.3, 0.4) is 0 Å². The quantitative estimate of drug-likeness (QED) is 0.702. The minimum absolute atomic E-state index is 0.834. The molecule has 0 spiro atoms. The van der Waals surface area contributed by atoms with Crippen molar-refractivity contribution < 1.29 is 0 Å². The van der Waals surface area contributed by atoms with Gasteiger partial charge in [0.1, 0.15) is 0 Å². The maximum Gasteiger partial charge on any atom is 0.0181 e. The molecule has 0 nitrogen and oxygen atoms in total. The summed E-state index contributed by atoms with van der Waals surface area (Å²) in [4.78, 5) is 0. The monoisotopic (exact) mass is 248 g/mol. The largest absolute Gasteiger partial charge is 0.161 e. The van der Waals surface area contributed by atoms with Gasteiger partial charge < -0.3 is 0 Å². The number of rotatable bonds is 4. The molecule has 1 aromatic carbocycles. The molecule has 0 amide bonds. The fourth-order valence-corrected chi connectivity index (χ4v) is 3.48. The van der Waals surface area contributed by atoms with E-state index in [0.29, 0.717) is 0 Å². The van der Waals surface area contributed by atoms with Gasteiger partial charge in [-0.2, -0.15) is 11.8 Å². The molecule has 1 saturated carbocycles. The minimum Gasteiger partial charge on any atom is -0.161 e. The molecule has 1 heteroatoms. The molecule has 0 bridgehead atoms. The maximum absolute atomic E-state index is 2.36. The van der Waals surface area contributed by atoms with Gasteiger partial charge in [0.25, 0.3) is 0 Å². The summed E-state index contributed by atoms with van der Waals surface area (Å²) in [7, 11) is 0. The fraction of sp³-hybridized carbons (Fsp3) is 0.625. The van der Waals surface area contributed by atoms with E-state index >= 15 is 0 Å². The van der Waals surface area contributed by atoms with Gasteiger partial charge in [-0.05, 0) is 54.9 Å². The van der Waals surface area contributed by atoms with Crippen molar-refractivity contribution in [3.05, 3.63) is 35.4 Å². The lowest BCUT2D eigenvalue weighted by Gasteiger charge is -2.28. The van der Waals surface area contributed by atoms with Crippen LogP contribution >= 0.6 is 11.8 Å². The lowest BCUT2D eigenvalue weighted by atomic mass is 9.78. The second kappa shape index (κ2) is 6.49. The third-order valence-electron chi connectivity index (χ3n) is 4.19. The Balaban J connectivity index is 1.94. The van der Waals surface area contributed by atoms with Gasteiger partial charge in [-0.1, -0.05) is 37.6 Å². The van der Waals surface area contributed by atoms with Gasteiger partial charge >= 0.3 is 0 Å². The van der Waals surface area contributed by atoms with Crippen molar-refractivity contribution in [1.29, 1.82) is 0 Å². The van der Waals surface area contributed by atoms with E-state index < -0.39 is 0 Å². The molecule has 0 heterocycles. The molecular weight excluding hydrogens is 224 g/mol. The Labute approximate surface area is 110 Å². The van der Waals surface area contributed by atoms with E-state index in [0.717, 1.165) is 17.6 Å². The Bertz CT molecular complexity index is 320. The Morgan fingerprint density at radius 1 is 1.06 bits per heavy atom. The van der Waals surface area contributed by atoms with Crippen molar-refractivity contribution in [2.75, 3.05) is 6.26 Å². The van der Waals surface area contributed by atoms with Crippen molar-refractivity contribution in [3.63, 3.8) is 0 Å². The Morgan fingerprint density at radius 2 is 1.71 bits per heavy atom. The second-order valence-electron chi connectivity index (χ2n) is 5.30. The summed E-state index contributed by atoms with van der Waals surface area (Å²) in [5.41, 5.74) is 3.04. The highest BCUT2D eigenvalue weighted by atomic mass is 32.2. The highest BCUT2D eigenvalue weighted by Gasteiger charge is 2.20. The number of hydrogen-bond donors (Lipinski definition) is 0. The molecule has 0 aromatic heterocycles. The number of benzene rings is 1. The SMILES string of the molecule is CCC1CCC(c2ccc(CSC)cc2)CC1. The molecule has 17 heavy (non-hydrogen) atoms. The van der Waals surface area contributed by atoms with E-state index in [9.17, 15) is 0 Å². The molecule has 0 saturated heterocycles. The highest BCUT2D eigenvalue weighted by molar-refractivity contribution is 7.97. The van der Waals surface area contributed by atoms with Crippen LogP contribution in [0.1, 0.15) is 56.1 Å². The van der Waals surface area contributed by atoms with Crippen LogP contribution in [0, 0.1) is 5.92 Å². The molecule has 94 valence electrons. The number of thioether (sulfide) groups is 1. The van der Waals surface area contributed by atoms with Gasteiger partial charge in [0.05, 0.1) is 0 Å². The van der Waals surface area contributed by atoms with Crippen LogP contribution in [-0.2, 0) is 5.75 Å². The van der Waals surface area contributed by atoms with Gasteiger partial charge in [-0.15, -0.1) is 0 Å². The van der Waals surface area contributed by atoms with Crippen LogP contribution in [0.15, 0.2) is 24.3 Å². The lowest BCUT2D eigenvalue weighted by molar-refractivity contribution is 0.319. The van der Waals surface area contributed by atoms with Crippen LogP contribution < -0.4 is 0 Å². The summed E-state index contributed by atoms with van der Waals surface area (Å²) in [5, 5.41) is 0. The second-order valence-corrected chi connectivity index (χ2v) is 6.17. The van der Waals surface area contributed by atoms with Crippen LogP contribution in [0.4, 0.5) is 0 Å². The number of hydrogen-bond acceptors (Lipinski definition) is 1. The maximum atomic E-state index is 2.36. The molecule has 0 aliphatic heterocycles. The van der Waals surface area contributed by atoms with Gasteiger partial charge in [0.2, 0.25) is 0 Å². The molecule has 2 rings (SSSR count). The van der Waals surface area contributed by atoms with E-state index in [1.165, 1.54) is 37.7 Å². The minimum atomic E-state index is 0.834. The first-order chi connectivity index (χ1) is 8.33. The fourth-order valence-electron chi connectivity index (χ4n) is 2.96. The first-order valence-electron chi connectivity index (χ1n) is 6.91. The Kier molecular flexibility index (Phi) is 4.97. The Morgan fingerprint density at radius 3 is 2.24 bits per heavy atom. The summed E-state index contributed by atoms with van der Waals surface area (Å²) in [5.74, 6) is 2.98. The molecule has 1 aliphatic carbocycles. The third kappa shape index (κ3) is 3.51. The van der Waals surface area contributed by atoms with E-state index in [1.807, 2.05) is 11.8 Å². The average molecular weight is 248 g/mol. The first-order valence-corrected chi connectivity index (χ1v) is 8.30. The van der Waals surface area contributed by atoms with E-state index in [1.54, 1.807) is 5.56 Å². The van der Waals surface area contributed by atoms with Crippen molar-refractivity contribution >= 4 is 11.8 Å². The van der Waals surface area contributed by atoms with Gasteiger partial charge in [0, 0.05) is 5.75 Å². The van der Waals surface area contributed by atoms with Crippen molar-refractivity contribution in [2.45, 2.75) is 50.7 Å². The molecule has 0 radical (unpaired) electrons. The van der Waals surface area contributed by atoms with E-state index in [-0.39, 0.29) is 0 Å². The van der Waals surface area contributed by atoms with E-state index in [4.69, 9.17) is 0 Å². The molecule has 0 N–H and O–H groups in total. The average Bonchev–Trinajstić information content (AvgIpc) is 2.40. The van der Waals surface area contributed by atoms with Gasteiger partial charge in [0.15, 0.2) is 0 Å². The predicted molar refractivity (Wildman–Crippen MR) is 78.7 cm³/mol. The summed E-state index contributed by atoms with van der Waals surface area (Å²) in [6.07, 6.45) is 9.22. The van der Waals surface area contributed by atoms with Crippen molar-refractivity contribution in [2.24, 2.45) is 5.92 Å². The summed E-state index contributed by atoms with van der Waals surface area (Å²) in [6, 6.07) is 9.36. The first kappa shape index (κ1) is 13.0. The smallest absolute Gasteiger partial charge is 0.0181 e. The Hall–Kier alpha value is -0.430. The standard InChI is InChI=1S/C16H24S/c1-3-13-4-8-15(9-5-13)16-10-6-14(7-11-16)12-17-2/h6-7,10-11,13,15H,3-5,8-9,12H2,1-2H3. The molecule has 0 unspecified atom stereocenters. The lowest BCUT2D eigenvalue weighted by Crippen LogP contribution is -2.12. The molecule has 1 aromatic rings. The summed E-state index contributed by atoms with van der Waals surface area (Å²) in [6.45, 7) is 2.34. The van der Waals surface area contributed by atoms with Crippen molar-refractivity contribution in [1.82, 2.24) is 0 Å². The van der Waals surface area contributed by atoms with Crippen LogP contribution in [0.2, 0.25) is 0 Å². The normalized spacial score (nSPS) is 24.8. The van der Waals surface area contributed by atoms with Crippen LogP contribution in [0.5, 0.6) is 0 Å². The van der Waals surface area contributed by atoms with Crippen molar-refractivity contribution in [3.8, 4) is 0 Å². The molecule has 1 aliphatic rings. The molecular formula is C16H24S. The molecule has 1 fully saturated rings. The zero-order chi connectivity index (χ0) is 12.1. The van der Waals surface area contributed by atoms with Gasteiger partial charge in [-0.3, -0.25) is 0 Å². The third-order valence-corrected chi connectivity index (χ3v) is 4.81. The zero-order valence-corrected chi connectivity index (χ0v) is 11.9. The topological polar surface area (TPSA) is 0 Å². The van der Waals surface area contributed by atoms with Gasteiger partial charge in [-0.25, -0.2) is 0 Å². The van der Waals surface area contributed by atoms with E-state index in [2.05, 4.69) is 37.4 Å². The summed E-state index contributed by atoms with van der Waals surface area (Å²) < 4.78 is 0. The molecule has 0 atom stereocenters. The highest BCUT2D eigenvalue weighted by Crippen LogP contribution is 2.36.